The molecule has 0 bridgehead atoms. The molecule has 0 saturated carbocycles. The van der Waals surface area contributed by atoms with E-state index in [2.05, 4.69) is 10.3 Å². The van der Waals surface area contributed by atoms with Gasteiger partial charge in [0, 0.05) is 19.1 Å². The minimum atomic E-state index is -3.74. The second-order valence-corrected chi connectivity index (χ2v) is 9.48. The number of rotatable bonds is 8. The number of hydrogen-bond acceptors (Lipinski definition) is 5. The molecule has 0 spiro atoms. The third-order valence-corrected chi connectivity index (χ3v) is 7.33. The van der Waals surface area contributed by atoms with Crippen LogP contribution in [-0.2, 0) is 23.2 Å². The lowest BCUT2D eigenvalue weighted by molar-refractivity contribution is 0.231. The highest BCUT2D eigenvalue weighted by Gasteiger charge is 2.33. The molecule has 9 heteroatoms. The van der Waals surface area contributed by atoms with Gasteiger partial charge in [0.1, 0.15) is 23.9 Å². The maximum Gasteiger partial charge on any atom is 0.243 e. The van der Waals surface area contributed by atoms with Gasteiger partial charge < -0.3 is 4.74 Å². The first kappa shape index (κ1) is 21.5. The second-order valence-electron chi connectivity index (χ2n) is 7.59. The van der Waals surface area contributed by atoms with Crippen LogP contribution in [0, 0.1) is 5.82 Å². The maximum absolute atomic E-state index is 13.6. The highest BCUT2D eigenvalue weighted by molar-refractivity contribution is 7.89. The molecule has 1 aromatic heterocycles. The van der Waals surface area contributed by atoms with Crippen LogP contribution in [0.3, 0.4) is 0 Å². The monoisotopic (exact) mass is 444 g/mol. The summed E-state index contributed by atoms with van der Waals surface area (Å²) < 4.78 is 48.7. The van der Waals surface area contributed by atoms with E-state index in [4.69, 9.17) is 4.74 Å². The molecule has 0 N–H and O–H groups in total. The predicted octanol–water partition coefficient (Wildman–Crippen LogP) is 3.63. The summed E-state index contributed by atoms with van der Waals surface area (Å²) in [6.07, 6.45) is 4.96. The molecular weight excluding hydrogens is 419 g/mol. The van der Waals surface area contributed by atoms with Gasteiger partial charge in [-0.1, -0.05) is 35.9 Å². The number of aryl methyl sites for hydroxylation is 1. The fourth-order valence-corrected chi connectivity index (χ4v) is 5.57. The summed E-state index contributed by atoms with van der Waals surface area (Å²) >= 11 is 0. The Morgan fingerprint density at radius 3 is 2.74 bits per heavy atom. The summed E-state index contributed by atoms with van der Waals surface area (Å²) in [6, 6.07) is 14.5. The van der Waals surface area contributed by atoms with Crippen LogP contribution < -0.4 is 4.74 Å². The van der Waals surface area contributed by atoms with Crippen molar-refractivity contribution in [3.63, 3.8) is 0 Å². The zero-order valence-electron chi connectivity index (χ0n) is 17.1. The third kappa shape index (κ3) is 5.29. The number of halogens is 1. The smallest absolute Gasteiger partial charge is 0.243 e. The van der Waals surface area contributed by atoms with Gasteiger partial charge in [0.05, 0.1) is 11.1 Å². The van der Waals surface area contributed by atoms with Crippen LogP contribution in [0.5, 0.6) is 5.75 Å². The van der Waals surface area contributed by atoms with Crippen LogP contribution in [0.1, 0.15) is 31.4 Å². The zero-order chi connectivity index (χ0) is 21.7. The molecule has 164 valence electrons. The number of benzene rings is 2. The van der Waals surface area contributed by atoms with E-state index in [1.807, 2.05) is 36.5 Å². The lowest BCUT2D eigenvalue weighted by atomic mass is 10.0. The first-order chi connectivity index (χ1) is 15.0. The number of para-hydroxylation sites is 1. The van der Waals surface area contributed by atoms with Crippen LogP contribution in [0.15, 0.2) is 65.7 Å². The van der Waals surface area contributed by atoms with Gasteiger partial charge >= 0.3 is 0 Å². The largest absolute Gasteiger partial charge is 0.487 e. The fraction of sp³-hybridized carbons (Fsp3) is 0.364. The third-order valence-electron chi connectivity index (χ3n) is 5.38. The van der Waals surface area contributed by atoms with Gasteiger partial charge in [0.25, 0.3) is 0 Å². The lowest BCUT2D eigenvalue weighted by Gasteiger charge is -2.34. The zero-order valence-corrected chi connectivity index (χ0v) is 17.9. The summed E-state index contributed by atoms with van der Waals surface area (Å²) in [5.74, 6) is 0.208. The fourth-order valence-electron chi connectivity index (χ4n) is 3.81. The first-order valence-corrected chi connectivity index (χ1v) is 11.8. The first-order valence-electron chi connectivity index (χ1n) is 10.4. The van der Waals surface area contributed by atoms with Crippen molar-refractivity contribution in [3.8, 4) is 5.75 Å². The number of piperidine rings is 1. The Kier molecular flexibility index (Phi) is 6.62. The van der Waals surface area contributed by atoms with Crippen LogP contribution in [-0.4, -0.2) is 40.3 Å². The Morgan fingerprint density at radius 1 is 1.10 bits per heavy atom. The topological polar surface area (TPSA) is 77.3 Å². The van der Waals surface area contributed by atoms with E-state index in [1.165, 1.54) is 22.5 Å². The average Bonchev–Trinajstić information content (AvgIpc) is 3.25. The van der Waals surface area contributed by atoms with Crippen molar-refractivity contribution in [3.05, 3.63) is 72.3 Å². The van der Waals surface area contributed by atoms with Crippen molar-refractivity contribution in [1.82, 2.24) is 19.3 Å². The summed E-state index contributed by atoms with van der Waals surface area (Å²) in [5.41, 5.74) is 0.705. The molecule has 1 saturated heterocycles. The minimum Gasteiger partial charge on any atom is -0.487 e. The van der Waals surface area contributed by atoms with Gasteiger partial charge in [-0.2, -0.15) is 4.31 Å². The van der Waals surface area contributed by atoms with Crippen LogP contribution in [0.25, 0.3) is 0 Å². The molecule has 31 heavy (non-hydrogen) atoms. The molecule has 1 aliphatic heterocycles. The lowest BCUT2D eigenvalue weighted by Crippen LogP contribution is -2.44. The van der Waals surface area contributed by atoms with E-state index in [-0.39, 0.29) is 10.9 Å². The van der Waals surface area contributed by atoms with Crippen molar-refractivity contribution in [2.75, 3.05) is 6.54 Å². The standard InChI is InChI=1S/C22H25FN4O3S/c23-18-7-6-11-22(15-18)31(28,29)27-13-5-4-8-20(27)12-14-26-16-19(24-25-26)17-30-21-9-2-1-3-10-21/h1-3,6-7,9-11,15-16,20H,4-5,8,12-14,17H2. The second kappa shape index (κ2) is 9.57. The van der Waals surface area contributed by atoms with E-state index in [0.29, 0.717) is 31.8 Å². The molecule has 0 aliphatic carbocycles. The van der Waals surface area contributed by atoms with Crippen LogP contribution >= 0.6 is 0 Å². The van der Waals surface area contributed by atoms with Gasteiger partial charge in [-0.15, -0.1) is 5.10 Å². The van der Waals surface area contributed by atoms with Gasteiger partial charge in [0.2, 0.25) is 10.0 Å². The van der Waals surface area contributed by atoms with Crippen molar-refractivity contribution < 1.29 is 17.5 Å². The number of nitrogens with zero attached hydrogens (tertiary/aromatic N) is 4. The Morgan fingerprint density at radius 2 is 1.94 bits per heavy atom. The van der Waals surface area contributed by atoms with E-state index in [0.717, 1.165) is 31.1 Å². The molecule has 1 fully saturated rings. The number of hydrogen-bond donors (Lipinski definition) is 0. The number of sulfonamides is 1. The molecule has 0 radical (unpaired) electrons. The normalized spacial score (nSPS) is 17.5. The Labute approximate surface area is 181 Å². The molecule has 1 aliphatic rings. The molecule has 2 aromatic carbocycles. The van der Waals surface area contributed by atoms with Crippen molar-refractivity contribution >= 4 is 10.0 Å². The molecule has 3 aromatic rings. The number of aromatic nitrogens is 3. The molecule has 0 amide bonds. The molecule has 2 heterocycles. The van der Waals surface area contributed by atoms with Crippen LogP contribution in [0.4, 0.5) is 4.39 Å². The SMILES string of the molecule is O=S(=O)(c1cccc(F)c1)N1CCCCC1CCn1cc(COc2ccccc2)nn1. The van der Waals surface area contributed by atoms with Gasteiger partial charge in [-0.25, -0.2) is 12.8 Å². The summed E-state index contributed by atoms with van der Waals surface area (Å²) in [6.45, 7) is 1.29. The van der Waals surface area contributed by atoms with Gasteiger partial charge in [0.15, 0.2) is 0 Å². The molecule has 7 nitrogen and oxygen atoms in total. The Balaban J connectivity index is 1.38. The van der Waals surface area contributed by atoms with Gasteiger partial charge in [-0.3, -0.25) is 4.68 Å². The highest BCUT2D eigenvalue weighted by Crippen LogP contribution is 2.27. The maximum atomic E-state index is 13.6. The summed E-state index contributed by atoms with van der Waals surface area (Å²) in [7, 11) is -3.74. The number of ether oxygens (including phenoxy) is 1. The van der Waals surface area contributed by atoms with Gasteiger partial charge in [-0.05, 0) is 49.6 Å². The average molecular weight is 445 g/mol. The van der Waals surface area contributed by atoms with Crippen molar-refractivity contribution in [2.45, 2.75) is 49.8 Å². The Hall–Kier alpha value is -2.78. The molecular formula is C22H25FN4O3S. The molecule has 1 unspecified atom stereocenters. The van der Waals surface area contributed by atoms with Crippen molar-refractivity contribution in [2.24, 2.45) is 0 Å². The summed E-state index contributed by atoms with van der Waals surface area (Å²) in [5, 5.41) is 8.27. The molecule has 4 rings (SSSR count). The van der Waals surface area contributed by atoms with E-state index >= 15 is 0 Å². The quantitative estimate of drug-likeness (QED) is 0.530. The highest BCUT2D eigenvalue weighted by atomic mass is 32.2. The predicted molar refractivity (Wildman–Crippen MR) is 113 cm³/mol. The summed E-state index contributed by atoms with van der Waals surface area (Å²) in [4.78, 5) is 0.000466. The minimum absolute atomic E-state index is 0.000466. The van der Waals surface area contributed by atoms with E-state index in [9.17, 15) is 12.8 Å². The van der Waals surface area contributed by atoms with Crippen molar-refractivity contribution in [1.29, 1.82) is 0 Å². The molecule has 1 atom stereocenters. The Bertz CT molecular complexity index is 1100. The van der Waals surface area contributed by atoms with E-state index < -0.39 is 15.8 Å². The van der Waals surface area contributed by atoms with Crippen LogP contribution in [0.2, 0.25) is 0 Å². The van der Waals surface area contributed by atoms with E-state index in [1.54, 1.807) is 4.68 Å².